The van der Waals surface area contributed by atoms with Crippen LogP contribution in [-0.4, -0.2) is 29.6 Å². The molecule has 2 aromatic rings. The molecule has 0 bridgehead atoms. The Morgan fingerprint density at radius 2 is 1.88 bits per heavy atom. The first-order chi connectivity index (χ1) is 16.0. The third kappa shape index (κ3) is 7.72. The number of carbonyl (C=O) groups excluding carboxylic acids is 2. The van der Waals surface area contributed by atoms with Gasteiger partial charge in [-0.05, 0) is 67.9 Å². The second-order valence-electron chi connectivity index (χ2n) is 8.14. The summed E-state index contributed by atoms with van der Waals surface area (Å²) in [6.45, 7) is 2.70. The van der Waals surface area contributed by atoms with E-state index in [0.717, 1.165) is 38.5 Å². The van der Waals surface area contributed by atoms with Gasteiger partial charge in [0.15, 0.2) is 5.11 Å². The van der Waals surface area contributed by atoms with Gasteiger partial charge >= 0.3 is 0 Å². The first-order valence-electron chi connectivity index (χ1n) is 11.4. The Morgan fingerprint density at radius 3 is 2.64 bits per heavy atom. The Hall–Kier alpha value is -2.64. The fraction of sp³-hybridized carbons (Fsp3) is 0.400. The summed E-state index contributed by atoms with van der Waals surface area (Å²) in [6.07, 6.45) is 7.43. The van der Waals surface area contributed by atoms with Gasteiger partial charge < -0.3 is 15.4 Å². The number of halogens is 1. The van der Waals surface area contributed by atoms with E-state index in [9.17, 15) is 9.59 Å². The van der Waals surface area contributed by atoms with Gasteiger partial charge in [0.1, 0.15) is 5.75 Å². The summed E-state index contributed by atoms with van der Waals surface area (Å²) in [5.74, 6) is 0.0874. The van der Waals surface area contributed by atoms with Crippen LogP contribution in [0.3, 0.4) is 0 Å². The number of anilines is 1. The van der Waals surface area contributed by atoms with Gasteiger partial charge in [0.2, 0.25) is 0 Å². The third-order valence-corrected chi connectivity index (χ3v) is 6.03. The van der Waals surface area contributed by atoms with Gasteiger partial charge in [0.25, 0.3) is 11.8 Å². The smallest absolute Gasteiger partial charge is 0.257 e. The van der Waals surface area contributed by atoms with E-state index >= 15 is 0 Å². The van der Waals surface area contributed by atoms with Crippen LogP contribution in [0.15, 0.2) is 42.5 Å². The van der Waals surface area contributed by atoms with E-state index in [1.54, 1.807) is 36.4 Å². The van der Waals surface area contributed by atoms with E-state index in [-0.39, 0.29) is 23.0 Å². The van der Waals surface area contributed by atoms with Crippen molar-refractivity contribution in [3.8, 4) is 5.75 Å². The maximum atomic E-state index is 12.7. The highest BCUT2D eigenvalue weighted by Gasteiger charge is 2.19. The lowest BCUT2D eigenvalue weighted by atomic mass is 9.95. The van der Waals surface area contributed by atoms with Gasteiger partial charge in [0.05, 0.1) is 17.2 Å². The molecule has 2 amide bonds. The molecule has 1 aliphatic carbocycles. The quantitative estimate of drug-likeness (QED) is 0.328. The molecule has 0 aromatic heterocycles. The SMILES string of the molecule is CCCCOc1cccc(C(=O)NC(=S)Nc2ccc(Cl)c(C(=O)NC3CCCCC3)c2)c1. The van der Waals surface area contributed by atoms with E-state index in [0.29, 0.717) is 34.2 Å². The zero-order chi connectivity index (χ0) is 23.6. The number of carbonyl (C=O) groups is 2. The monoisotopic (exact) mass is 487 g/mol. The predicted octanol–water partition coefficient (Wildman–Crippen LogP) is 5.71. The lowest BCUT2D eigenvalue weighted by Crippen LogP contribution is -2.36. The summed E-state index contributed by atoms with van der Waals surface area (Å²) < 4.78 is 5.66. The average Bonchev–Trinajstić information content (AvgIpc) is 2.81. The van der Waals surface area contributed by atoms with E-state index in [1.807, 2.05) is 6.07 Å². The molecule has 0 atom stereocenters. The molecular formula is C25H30ClN3O3S. The molecule has 176 valence electrons. The number of benzene rings is 2. The molecule has 2 aromatic carbocycles. The number of unbranched alkanes of at least 4 members (excludes halogenated alkanes) is 1. The van der Waals surface area contributed by atoms with Gasteiger partial charge in [-0.1, -0.05) is 50.3 Å². The Bertz CT molecular complexity index is 993. The van der Waals surface area contributed by atoms with Crippen LogP contribution in [0.25, 0.3) is 0 Å². The molecular weight excluding hydrogens is 458 g/mol. The summed E-state index contributed by atoms with van der Waals surface area (Å²) in [5, 5.41) is 9.17. The highest BCUT2D eigenvalue weighted by Crippen LogP contribution is 2.23. The Labute approximate surface area is 205 Å². The zero-order valence-corrected chi connectivity index (χ0v) is 20.4. The molecule has 1 saturated carbocycles. The van der Waals surface area contributed by atoms with E-state index in [4.69, 9.17) is 28.6 Å². The van der Waals surface area contributed by atoms with Crippen LogP contribution in [0.2, 0.25) is 5.02 Å². The van der Waals surface area contributed by atoms with Crippen molar-refractivity contribution in [2.45, 2.75) is 57.9 Å². The molecule has 0 radical (unpaired) electrons. The Balaban J connectivity index is 1.58. The molecule has 8 heteroatoms. The van der Waals surface area contributed by atoms with Gasteiger partial charge in [-0.2, -0.15) is 0 Å². The van der Waals surface area contributed by atoms with E-state index in [2.05, 4.69) is 22.9 Å². The summed E-state index contributed by atoms with van der Waals surface area (Å²) >= 11 is 11.6. The number of rotatable bonds is 8. The lowest BCUT2D eigenvalue weighted by molar-refractivity contribution is 0.0926. The van der Waals surface area contributed by atoms with Crippen molar-refractivity contribution in [1.82, 2.24) is 10.6 Å². The van der Waals surface area contributed by atoms with Gasteiger partial charge in [0, 0.05) is 17.3 Å². The second-order valence-corrected chi connectivity index (χ2v) is 8.96. The van der Waals surface area contributed by atoms with Crippen LogP contribution in [0.1, 0.15) is 72.6 Å². The van der Waals surface area contributed by atoms with E-state index < -0.39 is 0 Å². The molecule has 6 nitrogen and oxygen atoms in total. The number of hydrogen-bond donors (Lipinski definition) is 3. The second kappa shape index (κ2) is 12.6. The summed E-state index contributed by atoms with van der Waals surface area (Å²) in [6, 6.07) is 12.1. The number of nitrogens with one attached hydrogen (secondary N) is 3. The fourth-order valence-corrected chi connectivity index (χ4v) is 4.10. The maximum absolute atomic E-state index is 12.7. The summed E-state index contributed by atoms with van der Waals surface area (Å²) in [5.41, 5.74) is 1.38. The Morgan fingerprint density at radius 1 is 1.09 bits per heavy atom. The Kier molecular flexibility index (Phi) is 9.51. The first kappa shape index (κ1) is 25.0. The largest absolute Gasteiger partial charge is 0.494 e. The normalized spacial score (nSPS) is 13.8. The topological polar surface area (TPSA) is 79.5 Å². The van der Waals surface area contributed by atoms with Crippen molar-refractivity contribution >= 4 is 46.4 Å². The molecule has 1 aliphatic rings. The fourth-order valence-electron chi connectivity index (χ4n) is 3.69. The lowest BCUT2D eigenvalue weighted by Gasteiger charge is -2.23. The number of ether oxygens (including phenoxy) is 1. The van der Waals surface area contributed by atoms with Crippen molar-refractivity contribution in [2.75, 3.05) is 11.9 Å². The minimum Gasteiger partial charge on any atom is -0.494 e. The molecule has 3 N–H and O–H groups in total. The van der Waals surface area contributed by atoms with Crippen molar-refractivity contribution in [2.24, 2.45) is 0 Å². The van der Waals surface area contributed by atoms with Gasteiger partial charge in [-0.25, -0.2) is 0 Å². The van der Waals surface area contributed by atoms with Crippen molar-refractivity contribution in [3.05, 3.63) is 58.6 Å². The van der Waals surface area contributed by atoms with Gasteiger partial charge in [-0.15, -0.1) is 0 Å². The van der Waals surface area contributed by atoms with Crippen molar-refractivity contribution in [1.29, 1.82) is 0 Å². The van der Waals surface area contributed by atoms with Crippen LogP contribution >= 0.6 is 23.8 Å². The summed E-state index contributed by atoms with van der Waals surface area (Å²) in [4.78, 5) is 25.3. The summed E-state index contributed by atoms with van der Waals surface area (Å²) in [7, 11) is 0. The van der Waals surface area contributed by atoms with Crippen LogP contribution in [0.5, 0.6) is 5.75 Å². The van der Waals surface area contributed by atoms with Crippen LogP contribution in [0.4, 0.5) is 5.69 Å². The highest BCUT2D eigenvalue weighted by molar-refractivity contribution is 7.80. The average molecular weight is 488 g/mol. The molecule has 0 spiro atoms. The van der Waals surface area contributed by atoms with Gasteiger partial charge in [-0.3, -0.25) is 14.9 Å². The highest BCUT2D eigenvalue weighted by atomic mass is 35.5. The number of hydrogen-bond acceptors (Lipinski definition) is 4. The van der Waals surface area contributed by atoms with Crippen LogP contribution < -0.4 is 20.7 Å². The standard InChI is InChI=1S/C25H30ClN3O3S/c1-2-3-14-32-20-11-7-8-17(15-20)23(30)29-25(33)28-19-12-13-22(26)21(16-19)24(31)27-18-9-5-4-6-10-18/h7-8,11-13,15-16,18H,2-6,9-10,14H2,1H3,(H,27,31)(H2,28,29,30,33). The molecule has 0 saturated heterocycles. The van der Waals surface area contributed by atoms with Crippen LogP contribution in [-0.2, 0) is 0 Å². The minimum atomic E-state index is -0.349. The van der Waals surface area contributed by atoms with Crippen LogP contribution in [0, 0.1) is 0 Å². The minimum absolute atomic E-state index is 0.123. The number of amides is 2. The maximum Gasteiger partial charge on any atom is 0.257 e. The molecule has 33 heavy (non-hydrogen) atoms. The van der Waals surface area contributed by atoms with Crippen molar-refractivity contribution < 1.29 is 14.3 Å². The van der Waals surface area contributed by atoms with E-state index in [1.165, 1.54) is 6.42 Å². The molecule has 3 rings (SSSR count). The molecule has 1 fully saturated rings. The number of thiocarbonyl (C=S) groups is 1. The molecule has 0 heterocycles. The first-order valence-corrected chi connectivity index (χ1v) is 12.2. The predicted molar refractivity (Wildman–Crippen MR) is 136 cm³/mol. The molecule has 0 aliphatic heterocycles. The molecule has 0 unspecified atom stereocenters. The van der Waals surface area contributed by atoms with Crippen molar-refractivity contribution in [3.63, 3.8) is 0 Å². The zero-order valence-electron chi connectivity index (χ0n) is 18.8. The third-order valence-electron chi connectivity index (χ3n) is 5.50.